The first kappa shape index (κ1) is 16.3. The van der Waals surface area contributed by atoms with Crippen LogP contribution in [0.25, 0.3) is 0 Å². The summed E-state index contributed by atoms with van der Waals surface area (Å²) in [6, 6.07) is 15.6. The highest BCUT2D eigenvalue weighted by molar-refractivity contribution is 5.74. The lowest BCUT2D eigenvalue weighted by molar-refractivity contribution is -0.383. The van der Waals surface area contributed by atoms with Crippen LogP contribution in [0.3, 0.4) is 0 Å². The van der Waals surface area contributed by atoms with Crippen LogP contribution >= 0.6 is 0 Å². The van der Waals surface area contributed by atoms with Crippen LogP contribution in [0, 0.1) is 10.1 Å². The van der Waals surface area contributed by atoms with Gasteiger partial charge < -0.3 is 15.5 Å². The second kappa shape index (κ2) is 6.88. The van der Waals surface area contributed by atoms with Crippen molar-refractivity contribution in [3.8, 4) is 0 Å². The van der Waals surface area contributed by atoms with Gasteiger partial charge in [0.05, 0.1) is 4.92 Å². The zero-order chi connectivity index (χ0) is 17.1. The van der Waals surface area contributed by atoms with Gasteiger partial charge in [0.15, 0.2) is 0 Å². The number of rotatable bonds is 4. The average Bonchev–Trinajstić information content (AvgIpc) is 2.54. The molecule has 126 valence electrons. The predicted octanol–water partition coefficient (Wildman–Crippen LogP) is 3.53. The lowest BCUT2D eigenvalue weighted by Crippen LogP contribution is -2.54. The van der Waals surface area contributed by atoms with Crippen molar-refractivity contribution in [2.24, 2.45) is 0 Å². The molecule has 24 heavy (non-hydrogen) atoms. The molecule has 2 N–H and O–H groups in total. The fraction of sp³-hybridized carbons (Fsp3) is 0.333. The Kier molecular flexibility index (Phi) is 4.66. The molecule has 1 saturated heterocycles. The van der Waals surface area contributed by atoms with Gasteiger partial charge >= 0.3 is 0 Å². The molecule has 1 heterocycles. The first-order valence-electron chi connectivity index (χ1n) is 8.14. The largest absolute Gasteiger partial charge is 0.368 e. The van der Waals surface area contributed by atoms with Crippen LogP contribution in [0.4, 0.5) is 22.7 Å². The van der Waals surface area contributed by atoms with E-state index in [-0.39, 0.29) is 10.6 Å². The number of nitro benzene ring substituents is 1. The minimum absolute atomic E-state index is 0.0823. The van der Waals surface area contributed by atoms with Gasteiger partial charge in [-0.05, 0) is 38.1 Å². The number of hydrogen-bond acceptors (Lipinski definition) is 5. The quantitative estimate of drug-likeness (QED) is 0.664. The molecule has 2 unspecified atom stereocenters. The molecule has 2 aromatic rings. The van der Waals surface area contributed by atoms with Crippen molar-refractivity contribution in [3.63, 3.8) is 0 Å². The Bertz CT molecular complexity index is 710. The lowest BCUT2D eigenvalue weighted by atomic mass is 10.1. The smallest absolute Gasteiger partial charge is 0.292 e. The first-order chi connectivity index (χ1) is 11.5. The van der Waals surface area contributed by atoms with Gasteiger partial charge in [-0.25, -0.2) is 0 Å². The van der Waals surface area contributed by atoms with Crippen LogP contribution in [0.15, 0.2) is 48.5 Å². The third kappa shape index (κ3) is 3.65. The van der Waals surface area contributed by atoms with Crippen LogP contribution in [-0.2, 0) is 0 Å². The Morgan fingerprint density at radius 3 is 2.42 bits per heavy atom. The molecule has 1 fully saturated rings. The Morgan fingerprint density at radius 2 is 1.79 bits per heavy atom. The third-order valence-corrected chi connectivity index (χ3v) is 4.15. The molecule has 3 rings (SSSR count). The minimum atomic E-state index is -0.349. The Balaban J connectivity index is 1.92. The van der Waals surface area contributed by atoms with Crippen LogP contribution in [0.1, 0.15) is 13.8 Å². The molecule has 0 bridgehead atoms. The van der Waals surface area contributed by atoms with Crippen molar-refractivity contribution >= 4 is 22.7 Å². The van der Waals surface area contributed by atoms with Gasteiger partial charge in [-0.15, -0.1) is 0 Å². The van der Waals surface area contributed by atoms with Crippen LogP contribution in [0.2, 0.25) is 0 Å². The molecule has 2 aromatic carbocycles. The van der Waals surface area contributed by atoms with Crippen molar-refractivity contribution in [3.05, 3.63) is 58.6 Å². The predicted molar refractivity (Wildman–Crippen MR) is 97.1 cm³/mol. The second-order valence-corrected chi connectivity index (χ2v) is 6.32. The highest BCUT2D eigenvalue weighted by Crippen LogP contribution is 2.32. The molecule has 0 aromatic heterocycles. The highest BCUT2D eigenvalue weighted by Gasteiger charge is 2.23. The number of piperazine rings is 1. The maximum Gasteiger partial charge on any atom is 0.292 e. The molecule has 0 amide bonds. The third-order valence-electron chi connectivity index (χ3n) is 4.15. The summed E-state index contributed by atoms with van der Waals surface area (Å²) in [7, 11) is 0. The SMILES string of the molecule is CC1CN(c2ccc([N+](=O)[O-])c(Nc3ccccc3)c2)CC(C)N1. The standard InChI is InChI=1S/C18H22N4O2/c1-13-11-21(12-14(2)19-13)16-8-9-18(22(23)24)17(10-16)20-15-6-4-3-5-7-15/h3-10,13-14,19-20H,11-12H2,1-2H3. The van der Waals surface area contributed by atoms with E-state index in [0.29, 0.717) is 17.8 Å². The van der Waals surface area contributed by atoms with E-state index in [9.17, 15) is 10.1 Å². The van der Waals surface area contributed by atoms with E-state index >= 15 is 0 Å². The molecule has 0 spiro atoms. The summed E-state index contributed by atoms with van der Waals surface area (Å²) in [4.78, 5) is 13.3. The Hall–Kier alpha value is -2.60. The second-order valence-electron chi connectivity index (χ2n) is 6.32. The number of hydrogen-bond donors (Lipinski definition) is 2. The highest BCUT2D eigenvalue weighted by atomic mass is 16.6. The van der Waals surface area contributed by atoms with Crippen LogP contribution < -0.4 is 15.5 Å². The minimum Gasteiger partial charge on any atom is -0.368 e. The summed E-state index contributed by atoms with van der Waals surface area (Å²) < 4.78 is 0. The van der Waals surface area contributed by atoms with Crippen LogP contribution in [-0.4, -0.2) is 30.1 Å². The molecule has 1 aliphatic rings. The number of anilines is 3. The Labute approximate surface area is 141 Å². The van der Waals surface area contributed by atoms with Gasteiger partial charge in [0, 0.05) is 42.6 Å². The van der Waals surface area contributed by atoms with Gasteiger partial charge in [-0.3, -0.25) is 10.1 Å². The molecule has 0 radical (unpaired) electrons. The molecule has 0 saturated carbocycles. The van der Waals surface area contributed by atoms with E-state index in [2.05, 4.69) is 29.4 Å². The van der Waals surface area contributed by atoms with Crippen molar-refractivity contribution in [1.82, 2.24) is 5.32 Å². The van der Waals surface area contributed by atoms with E-state index in [0.717, 1.165) is 24.5 Å². The zero-order valence-electron chi connectivity index (χ0n) is 13.9. The maximum absolute atomic E-state index is 11.3. The number of benzene rings is 2. The van der Waals surface area contributed by atoms with Crippen molar-refractivity contribution < 1.29 is 4.92 Å². The molecule has 1 aliphatic heterocycles. The van der Waals surface area contributed by atoms with Crippen molar-refractivity contribution in [1.29, 1.82) is 0 Å². The van der Waals surface area contributed by atoms with E-state index in [1.807, 2.05) is 42.5 Å². The van der Waals surface area contributed by atoms with E-state index in [1.54, 1.807) is 6.07 Å². The fourth-order valence-corrected chi connectivity index (χ4v) is 3.19. The Morgan fingerprint density at radius 1 is 1.12 bits per heavy atom. The summed E-state index contributed by atoms with van der Waals surface area (Å²) in [6.07, 6.45) is 0. The van der Waals surface area contributed by atoms with Gasteiger partial charge in [-0.2, -0.15) is 0 Å². The van der Waals surface area contributed by atoms with Gasteiger partial charge in [-0.1, -0.05) is 18.2 Å². The van der Waals surface area contributed by atoms with Gasteiger partial charge in [0.2, 0.25) is 0 Å². The topological polar surface area (TPSA) is 70.4 Å². The molecule has 2 atom stereocenters. The maximum atomic E-state index is 11.3. The number of para-hydroxylation sites is 1. The molecule has 0 aliphatic carbocycles. The van der Waals surface area contributed by atoms with Crippen LogP contribution in [0.5, 0.6) is 0 Å². The van der Waals surface area contributed by atoms with E-state index < -0.39 is 0 Å². The fourth-order valence-electron chi connectivity index (χ4n) is 3.19. The summed E-state index contributed by atoms with van der Waals surface area (Å²) in [5.74, 6) is 0. The number of nitrogens with zero attached hydrogens (tertiary/aromatic N) is 2. The monoisotopic (exact) mass is 326 g/mol. The normalized spacial score (nSPS) is 20.7. The zero-order valence-corrected chi connectivity index (χ0v) is 13.9. The first-order valence-corrected chi connectivity index (χ1v) is 8.14. The molecular formula is C18H22N4O2. The van der Waals surface area contributed by atoms with E-state index in [1.165, 1.54) is 0 Å². The summed E-state index contributed by atoms with van der Waals surface area (Å²) in [5.41, 5.74) is 2.43. The number of nitro groups is 1. The van der Waals surface area contributed by atoms with Crippen molar-refractivity contribution in [2.45, 2.75) is 25.9 Å². The molecular weight excluding hydrogens is 304 g/mol. The number of nitrogens with one attached hydrogen (secondary N) is 2. The summed E-state index contributed by atoms with van der Waals surface area (Å²) >= 11 is 0. The van der Waals surface area contributed by atoms with E-state index in [4.69, 9.17) is 0 Å². The van der Waals surface area contributed by atoms with Gasteiger partial charge in [0.25, 0.3) is 5.69 Å². The molecule has 6 nitrogen and oxygen atoms in total. The van der Waals surface area contributed by atoms with Gasteiger partial charge in [0.1, 0.15) is 5.69 Å². The lowest BCUT2D eigenvalue weighted by Gasteiger charge is -2.37. The summed E-state index contributed by atoms with van der Waals surface area (Å²) in [6.45, 7) is 6.06. The average molecular weight is 326 g/mol. The summed E-state index contributed by atoms with van der Waals surface area (Å²) in [5, 5.41) is 18.0. The van der Waals surface area contributed by atoms with Crippen molar-refractivity contribution in [2.75, 3.05) is 23.3 Å². The molecule has 6 heteroatoms.